The first-order chi connectivity index (χ1) is 18.2. The van der Waals surface area contributed by atoms with Gasteiger partial charge in [0.25, 0.3) is 0 Å². The van der Waals surface area contributed by atoms with Crippen LogP contribution in [0.5, 0.6) is 5.75 Å². The zero-order valence-corrected chi connectivity index (χ0v) is 23.9. The van der Waals surface area contributed by atoms with E-state index in [4.69, 9.17) is 19.6 Å². The van der Waals surface area contributed by atoms with Gasteiger partial charge in [-0.25, -0.2) is 0 Å². The van der Waals surface area contributed by atoms with E-state index in [1.807, 2.05) is 58.2 Å². The number of hydrogen-bond donors (Lipinski definition) is 2. The number of carbonyl (C=O) groups excluding carboxylic acids is 1. The van der Waals surface area contributed by atoms with Gasteiger partial charge in [-0.15, -0.1) is 0 Å². The lowest BCUT2D eigenvalue weighted by atomic mass is 9.88. The highest BCUT2D eigenvalue weighted by Crippen LogP contribution is 2.41. The maximum absolute atomic E-state index is 12.3. The molecule has 0 fully saturated rings. The van der Waals surface area contributed by atoms with Gasteiger partial charge < -0.3 is 19.6 Å². The second kappa shape index (κ2) is 10.8. The molecular formula is C32H38N2O5. The highest BCUT2D eigenvalue weighted by atomic mass is 16.5. The first-order valence-corrected chi connectivity index (χ1v) is 13.3. The maximum atomic E-state index is 12.3. The lowest BCUT2D eigenvalue weighted by Gasteiger charge is -2.22. The Morgan fingerprint density at radius 2 is 1.82 bits per heavy atom. The Morgan fingerprint density at radius 1 is 1.10 bits per heavy atom. The molecule has 5 rings (SSSR count). The van der Waals surface area contributed by atoms with Crippen molar-refractivity contribution >= 4 is 27.8 Å². The largest absolute Gasteiger partial charge is 0.493 e. The molecule has 7 heteroatoms. The Kier molecular flexibility index (Phi) is 7.84. The molecule has 0 atom stereocenters. The smallest absolute Gasteiger partial charge is 0.311 e. The van der Waals surface area contributed by atoms with Crippen molar-refractivity contribution in [1.82, 2.24) is 9.97 Å². The molecule has 1 aliphatic heterocycles. The van der Waals surface area contributed by atoms with Gasteiger partial charge in [0.05, 0.1) is 29.7 Å². The Bertz CT molecular complexity index is 1570. The van der Waals surface area contributed by atoms with Crippen molar-refractivity contribution < 1.29 is 19.4 Å². The topological polar surface area (TPSA) is 102 Å². The van der Waals surface area contributed by atoms with Crippen molar-refractivity contribution in [1.29, 1.82) is 0 Å². The monoisotopic (exact) mass is 530 g/mol. The minimum absolute atomic E-state index is 0.145. The quantitative estimate of drug-likeness (QED) is 0.319. The number of ether oxygens (including phenoxy) is 2. The summed E-state index contributed by atoms with van der Waals surface area (Å²) >= 11 is 0. The summed E-state index contributed by atoms with van der Waals surface area (Å²) in [6.45, 7) is 13.7. The minimum atomic E-state index is -0.555. The lowest BCUT2D eigenvalue weighted by Crippen LogP contribution is -2.24. The third kappa shape index (κ3) is 6.48. The summed E-state index contributed by atoms with van der Waals surface area (Å²) in [5, 5.41) is 10.5. The number of nitrogens with zero attached hydrogens (tertiary/aromatic N) is 1. The zero-order chi connectivity index (χ0) is 28.5. The zero-order valence-electron chi connectivity index (χ0n) is 23.9. The second-order valence-corrected chi connectivity index (χ2v) is 12.0. The molecule has 0 saturated carbocycles. The van der Waals surface area contributed by atoms with Gasteiger partial charge in [-0.3, -0.25) is 14.6 Å². The number of carbonyl (C=O) groups is 1. The number of esters is 1. The minimum Gasteiger partial charge on any atom is -0.493 e. The van der Waals surface area contributed by atoms with E-state index in [-0.39, 0.29) is 18.1 Å². The molecule has 206 valence electrons. The summed E-state index contributed by atoms with van der Waals surface area (Å²) in [4.78, 5) is 32.2. The first-order valence-electron chi connectivity index (χ1n) is 13.3. The first kappa shape index (κ1) is 28.3. The van der Waals surface area contributed by atoms with Gasteiger partial charge in [0.15, 0.2) is 0 Å². The van der Waals surface area contributed by atoms with E-state index in [2.05, 4.69) is 11.1 Å². The Hall–Kier alpha value is -3.71. The molecule has 0 radical (unpaired) electrons. The van der Waals surface area contributed by atoms with Gasteiger partial charge >= 0.3 is 5.97 Å². The van der Waals surface area contributed by atoms with Crippen LogP contribution in [0.4, 0.5) is 0 Å². The van der Waals surface area contributed by atoms with Crippen LogP contribution in [0, 0.1) is 12.3 Å². The fraction of sp³-hybridized carbons (Fsp3) is 0.406. The average Bonchev–Trinajstić information content (AvgIpc) is 2.83. The van der Waals surface area contributed by atoms with Crippen LogP contribution in [-0.2, 0) is 22.4 Å². The third-order valence-corrected chi connectivity index (χ3v) is 6.39. The molecule has 0 unspecified atom stereocenters. The summed E-state index contributed by atoms with van der Waals surface area (Å²) in [6, 6.07) is 11.5. The second-order valence-electron chi connectivity index (χ2n) is 12.0. The Morgan fingerprint density at radius 3 is 2.51 bits per heavy atom. The van der Waals surface area contributed by atoms with E-state index in [9.17, 15) is 9.59 Å². The number of aryl methyl sites for hydroxylation is 1. The van der Waals surface area contributed by atoms with E-state index in [0.29, 0.717) is 13.0 Å². The van der Waals surface area contributed by atoms with Crippen molar-refractivity contribution in [2.24, 2.45) is 5.41 Å². The van der Waals surface area contributed by atoms with Crippen LogP contribution in [0.1, 0.15) is 58.2 Å². The van der Waals surface area contributed by atoms with Crippen LogP contribution in [0.3, 0.4) is 0 Å². The van der Waals surface area contributed by atoms with Crippen molar-refractivity contribution in [2.45, 2.75) is 66.9 Å². The predicted octanol–water partition coefficient (Wildman–Crippen LogP) is 5.90. The molecule has 2 N–H and O–H groups in total. The van der Waals surface area contributed by atoms with Gasteiger partial charge in [0.2, 0.25) is 5.56 Å². The van der Waals surface area contributed by atoms with Crippen molar-refractivity contribution in [3.8, 4) is 16.9 Å². The van der Waals surface area contributed by atoms with E-state index >= 15 is 0 Å². The van der Waals surface area contributed by atoms with Crippen LogP contribution in [0.15, 0.2) is 47.4 Å². The number of benzene rings is 2. The number of aliphatic hydroxyl groups is 1. The average molecular weight is 531 g/mol. The number of hydrogen-bond acceptors (Lipinski definition) is 6. The fourth-order valence-electron chi connectivity index (χ4n) is 4.68. The van der Waals surface area contributed by atoms with Gasteiger partial charge in [-0.2, -0.15) is 0 Å². The molecule has 1 aliphatic rings. The van der Waals surface area contributed by atoms with Crippen LogP contribution in [-0.4, -0.2) is 39.9 Å². The van der Waals surface area contributed by atoms with Gasteiger partial charge in [0.1, 0.15) is 5.75 Å². The lowest BCUT2D eigenvalue weighted by molar-refractivity contribution is -0.152. The molecule has 0 aliphatic carbocycles. The van der Waals surface area contributed by atoms with E-state index in [0.717, 1.165) is 56.2 Å². The van der Waals surface area contributed by atoms with Crippen LogP contribution < -0.4 is 10.3 Å². The molecule has 2 aromatic heterocycles. The number of pyridine rings is 2. The summed E-state index contributed by atoms with van der Waals surface area (Å²) in [5.41, 5.74) is 5.73. The molecule has 4 aromatic rings. The molecular weight excluding hydrogens is 492 g/mol. The molecule has 3 heterocycles. The number of aromatic nitrogens is 2. The molecule has 0 saturated heterocycles. The molecule has 0 spiro atoms. The number of rotatable bonds is 4. The summed E-state index contributed by atoms with van der Waals surface area (Å²) in [7, 11) is 0. The van der Waals surface area contributed by atoms with E-state index in [1.165, 1.54) is 5.56 Å². The molecule has 7 nitrogen and oxygen atoms in total. The molecule has 0 bridgehead atoms. The van der Waals surface area contributed by atoms with Crippen LogP contribution in [0.25, 0.3) is 32.9 Å². The van der Waals surface area contributed by atoms with Crippen molar-refractivity contribution in [3.05, 3.63) is 69.6 Å². The number of nitrogens with one attached hydrogen (secondary N) is 1. The van der Waals surface area contributed by atoms with E-state index in [1.54, 1.807) is 26.8 Å². The highest BCUT2D eigenvalue weighted by molar-refractivity contribution is 6.07. The molecule has 0 amide bonds. The van der Waals surface area contributed by atoms with Gasteiger partial charge in [0, 0.05) is 47.0 Å². The van der Waals surface area contributed by atoms with Gasteiger partial charge in [-0.05, 0) is 101 Å². The third-order valence-electron chi connectivity index (χ3n) is 6.39. The molecule has 39 heavy (non-hydrogen) atoms. The van der Waals surface area contributed by atoms with Crippen LogP contribution in [0.2, 0.25) is 0 Å². The molecule has 2 aromatic carbocycles. The van der Waals surface area contributed by atoms with E-state index < -0.39 is 11.0 Å². The van der Waals surface area contributed by atoms with Crippen molar-refractivity contribution in [2.75, 3.05) is 13.2 Å². The highest BCUT2D eigenvalue weighted by Gasteiger charge is 2.24. The SMILES string of the molecule is CC(C)(C)O.Cc1cc2[nH]c(=O)ccc2c(-c2ccc3c4c(ccnc24)CCO3)c1CCOC(=O)C(C)(C)C. The standard InChI is InChI=1S/C28H28N2O4.C4H10O/c1-16-15-21-19(6-8-23(31)30-21)25(18(16)11-14-34-27(32)28(2,3)4)20-5-7-22-24-17(10-13-33-22)9-12-29-26(20)24;1-4(2,3)5/h5-9,12,15H,10-11,13-14H2,1-4H3,(H,30,31);5H,1-3H3. The number of aromatic amines is 1. The van der Waals surface area contributed by atoms with Crippen molar-refractivity contribution in [3.63, 3.8) is 0 Å². The maximum Gasteiger partial charge on any atom is 0.311 e. The number of fused-ring (bicyclic) bond motifs is 1. The van der Waals surface area contributed by atoms with Gasteiger partial charge in [-0.1, -0.05) is 0 Å². The summed E-state index contributed by atoms with van der Waals surface area (Å²) in [6.07, 6.45) is 3.24. The number of H-pyrrole nitrogens is 1. The summed E-state index contributed by atoms with van der Waals surface area (Å²) in [5.74, 6) is 0.622. The van der Waals surface area contributed by atoms with Crippen LogP contribution >= 0.6 is 0 Å². The fourth-order valence-corrected chi connectivity index (χ4v) is 4.68. The predicted molar refractivity (Wildman–Crippen MR) is 155 cm³/mol. The Labute approximate surface area is 229 Å². The Balaban J connectivity index is 0.000000648. The summed E-state index contributed by atoms with van der Waals surface area (Å²) < 4.78 is 11.5. The normalized spacial score (nSPS) is 13.0.